The van der Waals surface area contributed by atoms with Gasteiger partial charge < -0.3 is 15.4 Å². The van der Waals surface area contributed by atoms with Crippen molar-refractivity contribution in [3.63, 3.8) is 0 Å². The molecule has 1 rings (SSSR count). The lowest BCUT2D eigenvalue weighted by molar-refractivity contribution is 0.250. The zero-order chi connectivity index (χ0) is 12.7. The summed E-state index contributed by atoms with van der Waals surface area (Å²) in [6.45, 7) is 8.24. The Bertz CT molecular complexity index is 340. The average molecular weight is 257 g/mol. The fourth-order valence-corrected chi connectivity index (χ4v) is 1.84. The Morgan fingerprint density at radius 3 is 2.59 bits per heavy atom. The van der Waals surface area contributed by atoms with Crippen molar-refractivity contribution in [1.29, 1.82) is 0 Å². The van der Waals surface area contributed by atoms with E-state index in [1.54, 1.807) is 12.1 Å². The van der Waals surface area contributed by atoms with Gasteiger partial charge in [-0.3, -0.25) is 0 Å². The second-order valence-electron chi connectivity index (χ2n) is 3.91. The van der Waals surface area contributed by atoms with Crippen molar-refractivity contribution in [1.82, 2.24) is 4.90 Å². The van der Waals surface area contributed by atoms with E-state index in [0.717, 1.165) is 26.1 Å². The maximum atomic E-state index is 5.82. The van der Waals surface area contributed by atoms with E-state index in [0.29, 0.717) is 23.1 Å². The molecule has 0 aliphatic heterocycles. The van der Waals surface area contributed by atoms with Crippen LogP contribution in [-0.4, -0.2) is 31.1 Å². The number of rotatable bonds is 7. The summed E-state index contributed by atoms with van der Waals surface area (Å²) in [6, 6.07) is 5.31. The molecule has 0 amide bonds. The van der Waals surface area contributed by atoms with Crippen LogP contribution in [0.3, 0.4) is 0 Å². The van der Waals surface area contributed by atoms with Gasteiger partial charge in [0.15, 0.2) is 0 Å². The summed E-state index contributed by atoms with van der Waals surface area (Å²) in [6.07, 6.45) is 1.00. The van der Waals surface area contributed by atoms with Crippen LogP contribution >= 0.6 is 11.6 Å². The highest BCUT2D eigenvalue weighted by molar-refractivity contribution is 6.30. The number of hydrogen-bond donors (Lipinski definition) is 1. The van der Waals surface area contributed by atoms with Crippen molar-refractivity contribution in [3.8, 4) is 5.75 Å². The highest BCUT2D eigenvalue weighted by Crippen LogP contribution is 2.24. The lowest BCUT2D eigenvalue weighted by Gasteiger charge is -2.17. The number of nitrogens with two attached hydrogens (primary N) is 1. The summed E-state index contributed by atoms with van der Waals surface area (Å²) >= 11 is 5.82. The van der Waals surface area contributed by atoms with Gasteiger partial charge in [-0.05, 0) is 37.7 Å². The molecular weight excluding hydrogens is 236 g/mol. The Morgan fingerprint density at radius 1 is 1.29 bits per heavy atom. The van der Waals surface area contributed by atoms with Crippen molar-refractivity contribution in [2.45, 2.75) is 20.3 Å². The van der Waals surface area contributed by atoms with E-state index in [9.17, 15) is 0 Å². The first-order valence-electron chi connectivity index (χ1n) is 6.07. The van der Waals surface area contributed by atoms with E-state index in [-0.39, 0.29) is 0 Å². The summed E-state index contributed by atoms with van der Waals surface area (Å²) in [4.78, 5) is 2.37. The third kappa shape index (κ3) is 4.84. The molecule has 1 aromatic carbocycles. The van der Waals surface area contributed by atoms with Crippen molar-refractivity contribution in [2.75, 3.05) is 32.0 Å². The third-order valence-corrected chi connectivity index (χ3v) is 2.98. The van der Waals surface area contributed by atoms with E-state index >= 15 is 0 Å². The summed E-state index contributed by atoms with van der Waals surface area (Å²) in [7, 11) is 0. The molecule has 1 aromatic rings. The molecule has 0 spiro atoms. The summed E-state index contributed by atoms with van der Waals surface area (Å²) < 4.78 is 5.62. The molecule has 0 aromatic heterocycles. The Labute approximate surface area is 109 Å². The van der Waals surface area contributed by atoms with Crippen LogP contribution in [0.5, 0.6) is 5.75 Å². The molecule has 0 aliphatic carbocycles. The van der Waals surface area contributed by atoms with Gasteiger partial charge in [0, 0.05) is 11.6 Å². The van der Waals surface area contributed by atoms with Gasteiger partial charge in [0.2, 0.25) is 0 Å². The topological polar surface area (TPSA) is 38.5 Å². The predicted octanol–water partition coefficient (Wildman–Crippen LogP) is 3.03. The van der Waals surface area contributed by atoms with E-state index in [1.165, 1.54) is 0 Å². The first-order chi connectivity index (χ1) is 8.17. The number of hydrogen-bond acceptors (Lipinski definition) is 3. The van der Waals surface area contributed by atoms with Gasteiger partial charge in [-0.25, -0.2) is 0 Å². The molecule has 2 N–H and O–H groups in total. The smallest absolute Gasteiger partial charge is 0.142 e. The van der Waals surface area contributed by atoms with E-state index < -0.39 is 0 Å². The average Bonchev–Trinajstić information content (AvgIpc) is 2.32. The third-order valence-electron chi connectivity index (χ3n) is 2.74. The molecule has 0 saturated heterocycles. The van der Waals surface area contributed by atoms with E-state index in [2.05, 4.69) is 18.7 Å². The van der Waals surface area contributed by atoms with Gasteiger partial charge in [-0.1, -0.05) is 25.4 Å². The van der Waals surface area contributed by atoms with Gasteiger partial charge in [0.05, 0.1) is 12.3 Å². The van der Waals surface area contributed by atoms with Crippen LogP contribution in [0.4, 0.5) is 5.69 Å². The molecule has 0 aliphatic rings. The number of nitrogen functional groups attached to an aromatic ring is 1. The van der Waals surface area contributed by atoms with Crippen LogP contribution in [-0.2, 0) is 0 Å². The largest absolute Gasteiger partial charge is 0.491 e. The van der Waals surface area contributed by atoms with Crippen LogP contribution in [0.15, 0.2) is 18.2 Å². The quantitative estimate of drug-likeness (QED) is 0.602. The first kappa shape index (κ1) is 14.1. The van der Waals surface area contributed by atoms with Crippen molar-refractivity contribution in [2.24, 2.45) is 0 Å². The molecule has 0 fully saturated rings. The minimum absolute atomic E-state index is 0.598. The summed E-state index contributed by atoms with van der Waals surface area (Å²) in [5.74, 6) is 0.717. The van der Waals surface area contributed by atoms with Gasteiger partial charge in [-0.2, -0.15) is 0 Å². The zero-order valence-corrected chi connectivity index (χ0v) is 11.3. The number of nitrogens with zero attached hydrogens (tertiary/aromatic N) is 1. The van der Waals surface area contributed by atoms with E-state index in [1.807, 2.05) is 6.07 Å². The summed E-state index contributed by atoms with van der Waals surface area (Å²) in [5, 5.41) is 0.637. The van der Waals surface area contributed by atoms with Crippen LogP contribution < -0.4 is 10.5 Å². The Balaban J connectivity index is 2.31. The minimum atomic E-state index is 0.598. The molecule has 0 radical (unpaired) electrons. The molecule has 0 saturated carbocycles. The SMILES string of the molecule is CCN(CC)CCCOc1ccc(Cl)cc1N. The molecular formula is C13H21ClN2O. The second kappa shape index (κ2) is 7.41. The maximum Gasteiger partial charge on any atom is 0.142 e. The fourth-order valence-electron chi connectivity index (χ4n) is 1.66. The molecule has 96 valence electrons. The van der Waals surface area contributed by atoms with Crippen LogP contribution in [0.2, 0.25) is 5.02 Å². The molecule has 0 bridgehead atoms. The van der Waals surface area contributed by atoms with Crippen molar-refractivity contribution in [3.05, 3.63) is 23.2 Å². The lowest BCUT2D eigenvalue weighted by atomic mass is 10.3. The van der Waals surface area contributed by atoms with Crippen molar-refractivity contribution >= 4 is 17.3 Å². The number of halogens is 1. The normalized spacial score (nSPS) is 10.8. The Kier molecular flexibility index (Phi) is 6.16. The molecule has 0 atom stereocenters. The minimum Gasteiger partial charge on any atom is -0.491 e. The molecule has 3 nitrogen and oxygen atoms in total. The number of anilines is 1. The first-order valence-corrected chi connectivity index (χ1v) is 6.45. The van der Waals surface area contributed by atoms with Gasteiger partial charge >= 0.3 is 0 Å². The number of ether oxygens (including phenoxy) is 1. The van der Waals surface area contributed by atoms with Crippen molar-refractivity contribution < 1.29 is 4.74 Å². The monoisotopic (exact) mass is 256 g/mol. The van der Waals surface area contributed by atoms with Crippen LogP contribution in [0, 0.1) is 0 Å². The highest BCUT2D eigenvalue weighted by atomic mass is 35.5. The summed E-state index contributed by atoms with van der Waals surface area (Å²) in [5.41, 5.74) is 6.39. The van der Waals surface area contributed by atoms with E-state index in [4.69, 9.17) is 22.1 Å². The second-order valence-corrected chi connectivity index (χ2v) is 4.35. The zero-order valence-electron chi connectivity index (χ0n) is 10.6. The fraction of sp³-hybridized carbons (Fsp3) is 0.538. The molecule has 0 heterocycles. The Hall–Kier alpha value is -0.930. The molecule has 0 unspecified atom stereocenters. The molecule has 4 heteroatoms. The van der Waals surface area contributed by atoms with Crippen LogP contribution in [0.1, 0.15) is 20.3 Å². The van der Waals surface area contributed by atoms with Gasteiger partial charge in [0.1, 0.15) is 5.75 Å². The highest BCUT2D eigenvalue weighted by Gasteiger charge is 2.02. The van der Waals surface area contributed by atoms with Gasteiger partial charge in [-0.15, -0.1) is 0 Å². The predicted molar refractivity (Wildman–Crippen MR) is 73.8 cm³/mol. The van der Waals surface area contributed by atoms with Gasteiger partial charge in [0.25, 0.3) is 0 Å². The molecule has 17 heavy (non-hydrogen) atoms. The maximum absolute atomic E-state index is 5.82. The van der Waals surface area contributed by atoms with Crippen LogP contribution in [0.25, 0.3) is 0 Å². The Morgan fingerprint density at radius 2 is 2.00 bits per heavy atom. The standard InChI is InChI=1S/C13H21ClN2O/c1-3-16(4-2)8-5-9-17-13-7-6-11(14)10-12(13)15/h6-7,10H,3-5,8-9,15H2,1-2H3. The number of benzene rings is 1. The lowest BCUT2D eigenvalue weighted by Crippen LogP contribution is -2.25.